The number of pyridine rings is 1. The van der Waals surface area contributed by atoms with Crippen LogP contribution in [0.15, 0.2) is 11.1 Å². The van der Waals surface area contributed by atoms with Crippen molar-refractivity contribution in [2.45, 2.75) is 48.8 Å². The molecule has 0 radical (unpaired) electrons. The molecule has 0 saturated heterocycles. The number of hydrogen-bond acceptors (Lipinski definition) is 4. The van der Waals surface area contributed by atoms with Crippen molar-refractivity contribution in [3.63, 3.8) is 0 Å². The maximum atomic E-state index is 12.2. The number of rotatable bonds is 2. The Labute approximate surface area is 101 Å². The third-order valence-electron chi connectivity index (χ3n) is 3.53. The van der Waals surface area contributed by atoms with E-state index in [1.165, 1.54) is 0 Å². The Kier molecular flexibility index (Phi) is 2.40. The zero-order valence-electron chi connectivity index (χ0n) is 9.65. The van der Waals surface area contributed by atoms with Crippen molar-refractivity contribution < 1.29 is 8.42 Å². The predicted molar refractivity (Wildman–Crippen MR) is 65.5 cm³/mol. The fraction of sp³-hybridized carbons (Fsp3) is 0.583. The van der Waals surface area contributed by atoms with Crippen molar-refractivity contribution in [3.8, 4) is 0 Å². The van der Waals surface area contributed by atoms with Gasteiger partial charge in [0.05, 0.1) is 10.9 Å². The summed E-state index contributed by atoms with van der Waals surface area (Å²) in [6.07, 6.45) is 5.58. The molecule has 1 fully saturated rings. The average molecular weight is 252 g/mol. The lowest BCUT2D eigenvalue weighted by atomic mass is 9.96. The van der Waals surface area contributed by atoms with Crippen LogP contribution in [0.25, 0.3) is 0 Å². The van der Waals surface area contributed by atoms with Crippen LogP contribution in [0.4, 0.5) is 5.69 Å². The average Bonchev–Trinajstić information content (AvgIpc) is 3.12. The van der Waals surface area contributed by atoms with Crippen LogP contribution >= 0.6 is 0 Å². The summed E-state index contributed by atoms with van der Waals surface area (Å²) in [7, 11) is -3.27. The number of hydrogen-bond donors (Lipinski definition) is 1. The maximum absolute atomic E-state index is 12.2. The van der Waals surface area contributed by atoms with E-state index in [0.717, 1.165) is 49.8 Å². The molecule has 0 atom stereocenters. The molecule has 2 aliphatic rings. The first-order valence-corrected chi connectivity index (χ1v) is 7.66. The van der Waals surface area contributed by atoms with Crippen molar-refractivity contribution in [2.75, 3.05) is 5.73 Å². The Bertz CT molecular complexity index is 562. The molecule has 5 heteroatoms. The topological polar surface area (TPSA) is 73.0 Å². The van der Waals surface area contributed by atoms with E-state index in [2.05, 4.69) is 4.98 Å². The number of anilines is 1. The highest BCUT2D eigenvalue weighted by atomic mass is 32.2. The molecule has 0 bridgehead atoms. The minimum absolute atomic E-state index is 0.126. The Morgan fingerprint density at radius 2 is 1.94 bits per heavy atom. The normalized spacial score (nSPS) is 20.0. The molecule has 2 N–H and O–H groups in total. The van der Waals surface area contributed by atoms with Crippen molar-refractivity contribution in [1.82, 2.24) is 4.98 Å². The van der Waals surface area contributed by atoms with Crippen LogP contribution in [0, 0.1) is 0 Å². The number of sulfone groups is 1. The smallest absolute Gasteiger partial charge is 0.200 e. The van der Waals surface area contributed by atoms with E-state index >= 15 is 0 Å². The highest BCUT2D eigenvalue weighted by Gasteiger charge is 2.39. The van der Waals surface area contributed by atoms with Crippen molar-refractivity contribution >= 4 is 15.5 Å². The van der Waals surface area contributed by atoms with Crippen LogP contribution in [0.1, 0.15) is 36.9 Å². The van der Waals surface area contributed by atoms with E-state index in [-0.39, 0.29) is 10.3 Å². The first-order valence-electron chi connectivity index (χ1n) is 6.11. The summed E-state index contributed by atoms with van der Waals surface area (Å²) in [5.74, 6) is 0. The van der Waals surface area contributed by atoms with Crippen LogP contribution in [0.2, 0.25) is 0 Å². The Balaban J connectivity index is 2.11. The summed E-state index contributed by atoms with van der Waals surface area (Å²) >= 11 is 0. The Hall–Kier alpha value is -1.10. The van der Waals surface area contributed by atoms with E-state index in [9.17, 15) is 8.42 Å². The molecule has 0 amide bonds. The second-order valence-electron chi connectivity index (χ2n) is 4.94. The van der Waals surface area contributed by atoms with Gasteiger partial charge in [0.15, 0.2) is 5.03 Å². The second-order valence-corrected chi connectivity index (χ2v) is 7.08. The molecule has 0 unspecified atom stereocenters. The van der Waals surface area contributed by atoms with Gasteiger partial charge >= 0.3 is 0 Å². The number of nitrogen functional groups attached to an aromatic ring is 1. The minimum Gasteiger partial charge on any atom is -0.396 e. The highest BCUT2D eigenvalue weighted by molar-refractivity contribution is 7.92. The molecule has 0 spiro atoms. The molecule has 4 nitrogen and oxygen atoms in total. The van der Waals surface area contributed by atoms with Gasteiger partial charge in [-0.1, -0.05) is 0 Å². The summed E-state index contributed by atoms with van der Waals surface area (Å²) in [5, 5.41) is -0.111. The maximum Gasteiger partial charge on any atom is 0.200 e. The van der Waals surface area contributed by atoms with Gasteiger partial charge < -0.3 is 5.73 Å². The first-order chi connectivity index (χ1) is 8.09. The van der Waals surface area contributed by atoms with Gasteiger partial charge in [0.25, 0.3) is 0 Å². The minimum atomic E-state index is -3.27. The second kappa shape index (κ2) is 3.70. The van der Waals surface area contributed by atoms with E-state index in [4.69, 9.17) is 5.73 Å². The molecule has 1 aromatic rings. The van der Waals surface area contributed by atoms with Gasteiger partial charge in [0.2, 0.25) is 9.84 Å². The molecule has 1 aromatic heterocycles. The molecule has 17 heavy (non-hydrogen) atoms. The van der Waals surface area contributed by atoms with Crippen LogP contribution in [-0.4, -0.2) is 18.7 Å². The summed E-state index contributed by atoms with van der Waals surface area (Å²) in [5.41, 5.74) is 8.25. The molecule has 1 saturated carbocycles. The van der Waals surface area contributed by atoms with Gasteiger partial charge in [0.1, 0.15) is 0 Å². The van der Waals surface area contributed by atoms with Crippen LogP contribution < -0.4 is 5.73 Å². The lowest BCUT2D eigenvalue weighted by Crippen LogP contribution is -2.16. The molecule has 3 rings (SSSR count). The number of nitrogens with two attached hydrogens (primary N) is 1. The standard InChI is InChI=1S/C12H16N2O2S/c13-10-7-8-3-1-2-4-11(8)14-12(10)17(15,16)9-5-6-9/h7,9H,1-6,13H2. The van der Waals surface area contributed by atoms with Gasteiger partial charge in [-0.15, -0.1) is 0 Å². The van der Waals surface area contributed by atoms with E-state index in [0.29, 0.717) is 5.69 Å². The van der Waals surface area contributed by atoms with Gasteiger partial charge in [-0.05, 0) is 50.2 Å². The van der Waals surface area contributed by atoms with Crippen molar-refractivity contribution in [1.29, 1.82) is 0 Å². The molecule has 2 aliphatic carbocycles. The fourth-order valence-electron chi connectivity index (χ4n) is 2.40. The lowest BCUT2D eigenvalue weighted by Gasteiger charge is -2.17. The third-order valence-corrected chi connectivity index (χ3v) is 5.74. The Morgan fingerprint density at radius 1 is 1.24 bits per heavy atom. The van der Waals surface area contributed by atoms with Crippen LogP contribution in [0.5, 0.6) is 0 Å². The largest absolute Gasteiger partial charge is 0.396 e. The number of aromatic nitrogens is 1. The summed E-state index contributed by atoms with van der Waals surface area (Å²) in [6.45, 7) is 0. The molecule has 1 heterocycles. The monoisotopic (exact) mass is 252 g/mol. The Morgan fingerprint density at radius 3 is 2.65 bits per heavy atom. The van der Waals surface area contributed by atoms with Crippen molar-refractivity contribution in [3.05, 3.63) is 17.3 Å². The molecular formula is C12H16N2O2S. The van der Waals surface area contributed by atoms with Crippen LogP contribution in [0.3, 0.4) is 0 Å². The molecule has 92 valence electrons. The van der Waals surface area contributed by atoms with Crippen LogP contribution in [-0.2, 0) is 22.7 Å². The number of nitrogens with zero attached hydrogens (tertiary/aromatic N) is 1. The van der Waals surface area contributed by atoms with Crippen molar-refractivity contribution in [2.24, 2.45) is 0 Å². The number of aryl methyl sites for hydroxylation is 2. The highest BCUT2D eigenvalue weighted by Crippen LogP contribution is 2.36. The number of fused-ring (bicyclic) bond motifs is 1. The quantitative estimate of drug-likeness (QED) is 0.865. The van der Waals surface area contributed by atoms with E-state index in [1.54, 1.807) is 0 Å². The summed E-state index contributed by atoms with van der Waals surface area (Å²) in [6, 6.07) is 1.82. The first kappa shape index (κ1) is 11.0. The van der Waals surface area contributed by atoms with Gasteiger partial charge in [0, 0.05) is 5.69 Å². The molecular weight excluding hydrogens is 236 g/mol. The van der Waals surface area contributed by atoms with E-state index < -0.39 is 9.84 Å². The third kappa shape index (κ3) is 1.82. The van der Waals surface area contributed by atoms with E-state index in [1.807, 2.05) is 6.07 Å². The fourth-order valence-corrected chi connectivity index (χ4v) is 4.09. The summed E-state index contributed by atoms with van der Waals surface area (Å²) < 4.78 is 24.3. The SMILES string of the molecule is Nc1cc2c(nc1S(=O)(=O)C1CC1)CCCC2. The molecule has 0 aromatic carbocycles. The zero-order valence-corrected chi connectivity index (χ0v) is 10.5. The predicted octanol–water partition coefficient (Wildman–Crippen LogP) is 1.48. The lowest BCUT2D eigenvalue weighted by molar-refractivity contribution is 0.588. The molecule has 0 aliphatic heterocycles. The summed E-state index contributed by atoms with van der Waals surface area (Å²) in [4.78, 5) is 4.33. The van der Waals surface area contributed by atoms with Gasteiger partial charge in [-0.3, -0.25) is 0 Å². The van der Waals surface area contributed by atoms with Gasteiger partial charge in [-0.25, -0.2) is 13.4 Å². The zero-order chi connectivity index (χ0) is 12.0. The van der Waals surface area contributed by atoms with Gasteiger partial charge in [-0.2, -0.15) is 0 Å².